The first-order chi connectivity index (χ1) is 4.70. The Morgan fingerprint density at radius 1 is 1.60 bits per heavy atom. The molecule has 0 heterocycles. The van der Waals surface area contributed by atoms with Gasteiger partial charge in [0.1, 0.15) is 6.13 Å². The van der Waals surface area contributed by atoms with Gasteiger partial charge in [0.05, 0.1) is 6.10 Å². The smallest absolute Gasteiger partial charge is 0.108 e. The van der Waals surface area contributed by atoms with Crippen LogP contribution in [0.5, 0.6) is 0 Å². The first-order valence-electron chi connectivity index (χ1n) is 3.54. The Morgan fingerprint density at radius 2 is 2.20 bits per heavy atom. The SMILES string of the molecule is CCS[PH](=S)OC(C)CC. The summed E-state index contributed by atoms with van der Waals surface area (Å²) in [5.41, 5.74) is 0. The van der Waals surface area contributed by atoms with E-state index in [0.717, 1.165) is 12.2 Å². The van der Waals surface area contributed by atoms with Crippen LogP contribution in [0.4, 0.5) is 0 Å². The molecular formula is C6H15OPS2. The van der Waals surface area contributed by atoms with Gasteiger partial charge in [0.2, 0.25) is 0 Å². The Hall–Kier alpha value is 0.960. The van der Waals surface area contributed by atoms with Crippen LogP contribution in [0.3, 0.4) is 0 Å². The number of hydrogen-bond acceptors (Lipinski definition) is 3. The zero-order valence-electron chi connectivity index (χ0n) is 6.72. The van der Waals surface area contributed by atoms with Gasteiger partial charge in [0.25, 0.3) is 0 Å². The van der Waals surface area contributed by atoms with E-state index in [9.17, 15) is 0 Å². The molecule has 0 bridgehead atoms. The number of rotatable bonds is 5. The van der Waals surface area contributed by atoms with E-state index in [-0.39, 0.29) is 0 Å². The van der Waals surface area contributed by atoms with E-state index in [2.05, 4.69) is 20.8 Å². The first kappa shape index (κ1) is 11.0. The molecule has 0 saturated carbocycles. The summed E-state index contributed by atoms with van der Waals surface area (Å²) in [5, 5.41) is 0. The fourth-order valence-electron chi connectivity index (χ4n) is 0.399. The quantitative estimate of drug-likeness (QED) is 0.628. The Labute approximate surface area is 73.2 Å². The van der Waals surface area contributed by atoms with Gasteiger partial charge >= 0.3 is 0 Å². The molecule has 0 N–H and O–H groups in total. The summed E-state index contributed by atoms with van der Waals surface area (Å²) in [6, 6.07) is 0. The van der Waals surface area contributed by atoms with Crippen molar-refractivity contribution in [2.45, 2.75) is 33.3 Å². The summed E-state index contributed by atoms with van der Waals surface area (Å²) in [6.07, 6.45) is 0.465. The van der Waals surface area contributed by atoms with E-state index in [0.29, 0.717) is 6.10 Å². The predicted molar refractivity (Wildman–Crippen MR) is 54.7 cm³/mol. The van der Waals surface area contributed by atoms with E-state index in [1.807, 2.05) is 0 Å². The van der Waals surface area contributed by atoms with E-state index >= 15 is 0 Å². The lowest BCUT2D eigenvalue weighted by atomic mass is 10.3. The zero-order chi connectivity index (χ0) is 7.98. The monoisotopic (exact) mass is 198 g/mol. The highest BCUT2D eigenvalue weighted by Gasteiger charge is 2.00. The van der Waals surface area contributed by atoms with Crippen LogP contribution in [0.15, 0.2) is 0 Å². The van der Waals surface area contributed by atoms with Gasteiger partial charge in [-0.1, -0.05) is 25.7 Å². The van der Waals surface area contributed by atoms with E-state index < -0.39 is 6.13 Å². The molecule has 0 aromatic rings. The molecule has 0 fully saturated rings. The minimum atomic E-state index is -0.952. The molecule has 0 rings (SSSR count). The maximum absolute atomic E-state index is 5.52. The second kappa shape index (κ2) is 6.66. The van der Waals surface area contributed by atoms with Crippen molar-refractivity contribution >= 4 is 29.3 Å². The predicted octanol–water partition coefficient (Wildman–Crippen LogP) is 3.06. The van der Waals surface area contributed by atoms with Crippen molar-refractivity contribution in [1.29, 1.82) is 0 Å². The summed E-state index contributed by atoms with van der Waals surface area (Å²) in [5.74, 6) is 1.08. The van der Waals surface area contributed by atoms with Crippen LogP contribution in [-0.2, 0) is 16.3 Å². The highest BCUT2D eigenvalue weighted by molar-refractivity contribution is 8.62. The summed E-state index contributed by atoms with van der Waals surface area (Å²) in [4.78, 5) is 0. The molecule has 2 atom stereocenters. The fourth-order valence-corrected chi connectivity index (χ4v) is 4.16. The third kappa shape index (κ3) is 5.72. The molecule has 0 aromatic heterocycles. The van der Waals surface area contributed by atoms with E-state index in [1.54, 1.807) is 11.4 Å². The van der Waals surface area contributed by atoms with Crippen molar-refractivity contribution < 1.29 is 4.52 Å². The third-order valence-electron chi connectivity index (χ3n) is 1.13. The molecule has 0 radical (unpaired) electrons. The summed E-state index contributed by atoms with van der Waals surface area (Å²) < 4.78 is 5.52. The van der Waals surface area contributed by atoms with Gasteiger partial charge in [0, 0.05) is 0 Å². The summed E-state index contributed by atoms with van der Waals surface area (Å²) in [7, 11) is 0. The molecule has 62 valence electrons. The lowest BCUT2D eigenvalue weighted by Crippen LogP contribution is -1.98. The second-order valence-electron chi connectivity index (χ2n) is 2.02. The van der Waals surface area contributed by atoms with Crippen LogP contribution in [0.25, 0.3) is 0 Å². The van der Waals surface area contributed by atoms with Crippen molar-refractivity contribution in [2.24, 2.45) is 0 Å². The average molecular weight is 198 g/mol. The van der Waals surface area contributed by atoms with Crippen LogP contribution in [0.2, 0.25) is 0 Å². The van der Waals surface area contributed by atoms with Gasteiger partial charge in [-0.25, -0.2) is 0 Å². The maximum Gasteiger partial charge on any atom is 0.108 e. The average Bonchev–Trinajstić information content (AvgIpc) is 1.88. The van der Waals surface area contributed by atoms with Gasteiger partial charge in [-0.15, -0.1) is 11.4 Å². The molecule has 0 aliphatic rings. The largest absolute Gasteiger partial charge is 0.341 e. The molecule has 0 spiro atoms. The van der Waals surface area contributed by atoms with Crippen molar-refractivity contribution in [3.05, 3.63) is 0 Å². The second-order valence-corrected chi connectivity index (χ2v) is 7.49. The molecule has 2 unspecified atom stereocenters. The van der Waals surface area contributed by atoms with Crippen molar-refractivity contribution in [3.63, 3.8) is 0 Å². The molecule has 0 amide bonds. The van der Waals surface area contributed by atoms with Gasteiger partial charge in [-0.05, 0) is 19.1 Å². The lowest BCUT2D eigenvalue weighted by Gasteiger charge is -2.10. The molecule has 1 nitrogen and oxygen atoms in total. The van der Waals surface area contributed by atoms with Crippen LogP contribution in [-0.4, -0.2) is 11.9 Å². The maximum atomic E-state index is 5.52. The molecule has 4 heteroatoms. The number of hydrogen-bond donors (Lipinski definition) is 0. The van der Waals surface area contributed by atoms with Crippen LogP contribution < -0.4 is 0 Å². The van der Waals surface area contributed by atoms with Gasteiger partial charge in [-0.3, -0.25) is 0 Å². The summed E-state index contributed by atoms with van der Waals surface area (Å²) >= 11 is 6.89. The highest BCUT2D eigenvalue weighted by Crippen LogP contribution is 2.40. The van der Waals surface area contributed by atoms with Crippen molar-refractivity contribution in [3.8, 4) is 0 Å². The Balaban J connectivity index is 3.37. The summed E-state index contributed by atoms with van der Waals surface area (Å²) in [6.45, 7) is 6.31. The lowest BCUT2D eigenvalue weighted by molar-refractivity contribution is 0.255. The van der Waals surface area contributed by atoms with Gasteiger partial charge in [-0.2, -0.15) is 0 Å². The molecule has 10 heavy (non-hydrogen) atoms. The first-order valence-corrected chi connectivity index (χ1v) is 7.79. The minimum Gasteiger partial charge on any atom is -0.341 e. The molecular weight excluding hydrogens is 183 g/mol. The molecule has 0 aliphatic heterocycles. The van der Waals surface area contributed by atoms with E-state index in [4.69, 9.17) is 16.3 Å². The van der Waals surface area contributed by atoms with Gasteiger partial charge in [0.15, 0.2) is 0 Å². The van der Waals surface area contributed by atoms with E-state index in [1.165, 1.54) is 0 Å². The standard InChI is InChI=1S/C6H15OPS2/c1-4-6(3)7-8(9)10-5-2/h6,8H,4-5H2,1-3H3. The Morgan fingerprint density at radius 3 is 2.60 bits per heavy atom. The molecule has 0 aromatic carbocycles. The normalized spacial score (nSPS) is 16.7. The van der Waals surface area contributed by atoms with Crippen LogP contribution >= 0.6 is 17.5 Å². The van der Waals surface area contributed by atoms with Crippen molar-refractivity contribution in [2.75, 3.05) is 5.75 Å². The Bertz CT molecular complexity index is 108. The van der Waals surface area contributed by atoms with Crippen LogP contribution in [0, 0.1) is 0 Å². The third-order valence-corrected chi connectivity index (χ3v) is 5.46. The van der Waals surface area contributed by atoms with Gasteiger partial charge < -0.3 is 4.52 Å². The van der Waals surface area contributed by atoms with Crippen LogP contribution in [0.1, 0.15) is 27.2 Å². The molecule has 0 saturated heterocycles. The van der Waals surface area contributed by atoms with Crippen molar-refractivity contribution in [1.82, 2.24) is 0 Å². The zero-order valence-corrected chi connectivity index (χ0v) is 9.35. The molecule has 0 aliphatic carbocycles. The topological polar surface area (TPSA) is 9.23 Å². The minimum absolute atomic E-state index is 0.352. The highest BCUT2D eigenvalue weighted by atomic mass is 32.9. The Kier molecular flexibility index (Phi) is 7.30. The fraction of sp³-hybridized carbons (Fsp3) is 1.00.